The molecule has 3 heterocycles. The van der Waals surface area contributed by atoms with Crippen LogP contribution in [-0.2, 0) is 22.8 Å². The Hall–Kier alpha value is -6.24. The average molecular weight is 781 g/mol. The van der Waals surface area contributed by atoms with E-state index >= 15 is 0 Å². The molecule has 7 rings (SSSR count). The minimum atomic E-state index is -0.101. The van der Waals surface area contributed by atoms with Crippen molar-refractivity contribution in [3.05, 3.63) is 143 Å². The summed E-state index contributed by atoms with van der Waals surface area (Å²) >= 11 is 0. The van der Waals surface area contributed by atoms with Gasteiger partial charge in [0.1, 0.15) is 36.1 Å². The third-order valence-electron chi connectivity index (χ3n) is 10.3. The van der Waals surface area contributed by atoms with E-state index in [1.165, 1.54) is 0 Å². The molecule has 12 heteroatoms. The molecule has 3 aliphatic rings. The third kappa shape index (κ3) is 11.0. The van der Waals surface area contributed by atoms with Crippen molar-refractivity contribution in [2.45, 2.75) is 26.1 Å². The van der Waals surface area contributed by atoms with Gasteiger partial charge in [-0.2, -0.15) is 0 Å². The van der Waals surface area contributed by atoms with Crippen molar-refractivity contribution in [1.82, 2.24) is 30.2 Å². The Balaban J connectivity index is 0.777. The van der Waals surface area contributed by atoms with Crippen LogP contribution in [0.1, 0.15) is 35.1 Å². The van der Waals surface area contributed by atoms with Crippen LogP contribution in [0.2, 0.25) is 0 Å². The smallest absolute Gasteiger partial charge is 0.276 e. The van der Waals surface area contributed by atoms with Crippen molar-refractivity contribution in [2.75, 3.05) is 66.5 Å². The molecule has 58 heavy (non-hydrogen) atoms. The van der Waals surface area contributed by atoms with Gasteiger partial charge in [0.05, 0.1) is 0 Å². The molecule has 300 valence electrons. The summed E-state index contributed by atoms with van der Waals surface area (Å²) in [6, 6.07) is 35.6. The molecule has 0 radical (unpaired) electrons. The number of carbonyl (C=O) groups is 2. The first kappa shape index (κ1) is 40.0. The second-order valence-electron chi connectivity index (χ2n) is 14.6. The van der Waals surface area contributed by atoms with Crippen molar-refractivity contribution in [3.63, 3.8) is 0 Å². The fourth-order valence-electron chi connectivity index (χ4n) is 6.89. The minimum Gasteiger partial charge on any atom is -0.489 e. The maximum Gasteiger partial charge on any atom is 0.276 e. The van der Waals surface area contributed by atoms with E-state index < -0.39 is 0 Å². The van der Waals surface area contributed by atoms with Crippen molar-refractivity contribution < 1.29 is 19.1 Å². The Morgan fingerprint density at radius 1 is 0.552 bits per heavy atom. The van der Waals surface area contributed by atoms with Crippen LogP contribution in [0.25, 0.3) is 12.2 Å². The van der Waals surface area contributed by atoms with Crippen molar-refractivity contribution in [2.24, 2.45) is 9.98 Å². The van der Waals surface area contributed by atoms with Crippen molar-refractivity contribution in [1.29, 1.82) is 0 Å². The molecular weight excluding hydrogens is 729 g/mol. The fraction of sp³-hybridized carbons (Fsp3) is 0.304. The summed E-state index contributed by atoms with van der Waals surface area (Å²) in [6.07, 6.45) is 5.52. The Morgan fingerprint density at radius 3 is 1.31 bits per heavy atom. The third-order valence-corrected chi connectivity index (χ3v) is 10.3. The Morgan fingerprint density at radius 2 is 0.931 bits per heavy atom. The number of piperazine rings is 1. The van der Waals surface area contributed by atoms with E-state index in [0.29, 0.717) is 49.6 Å². The molecule has 0 atom stereocenters. The van der Waals surface area contributed by atoms with Crippen LogP contribution in [0.15, 0.2) is 131 Å². The zero-order valence-electron chi connectivity index (χ0n) is 33.3. The number of hydrogen-bond acceptors (Lipinski definition) is 8. The van der Waals surface area contributed by atoms with Gasteiger partial charge in [-0.25, -0.2) is 0 Å². The van der Waals surface area contributed by atoms with Crippen LogP contribution < -0.4 is 20.1 Å². The predicted molar refractivity (Wildman–Crippen MR) is 229 cm³/mol. The quantitative estimate of drug-likeness (QED) is 0.114. The normalized spacial score (nSPS) is 19.1. The maximum absolute atomic E-state index is 12.9. The summed E-state index contributed by atoms with van der Waals surface area (Å²) in [4.78, 5) is 43.4. The summed E-state index contributed by atoms with van der Waals surface area (Å²) in [7, 11) is 3.50. The number of ether oxygens (including phenoxy) is 2. The Kier molecular flexibility index (Phi) is 13.6. The van der Waals surface area contributed by atoms with E-state index in [4.69, 9.17) is 19.5 Å². The number of nitrogens with zero attached hydrogens (tertiary/aromatic N) is 6. The second kappa shape index (κ2) is 19.8. The van der Waals surface area contributed by atoms with E-state index in [9.17, 15) is 9.59 Å². The van der Waals surface area contributed by atoms with Crippen molar-refractivity contribution >= 4 is 35.9 Å². The van der Waals surface area contributed by atoms with Gasteiger partial charge in [-0.1, -0.05) is 84.9 Å². The highest BCUT2D eigenvalue weighted by Gasteiger charge is 2.29. The zero-order valence-corrected chi connectivity index (χ0v) is 33.3. The first-order valence-electron chi connectivity index (χ1n) is 20.0. The first-order valence-corrected chi connectivity index (χ1v) is 20.0. The molecule has 0 aromatic heterocycles. The number of guanidine groups is 2. The van der Waals surface area contributed by atoms with E-state index in [1.54, 1.807) is 23.9 Å². The number of carbonyl (C=O) groups excluding carboxylic acids is 2. The summed E-state index contributed by atoms with van der Waals surface area (Å²) in [5.41, 5.74) is 5.05. The summed E-state index contributed by atoms with van der Waals surface area (Å²) in [6.45, 7) is 8.26. The molecule has 12 nitrogen and oxygen atoms in total. The lowest BCUT2D eigenvalue weighted by molar-refractivity contribution is -0.122. The first-order chi connectivity index (χ1) is 28.4. The van der Waals surface area contributed by atoms with Gasteiger partial charge in [-0.3, -0.25) is 29.4 Å². The van der Waals surface area contributed by atoms with E-state index in [1.807, 2.05) is 121 Å². The van der Waals surface area contributed by atoms with E-state index in [2.05, 4.69) is 20.4 Å². The minimum absolute atomic E-state index is 0.101. The Bertz CT molecular complexity index is 1960. The van der Waals surface area contributed by atoms with E-state index in [-0.39, 0.29) is 11.8 Å². The maximum atomic E-state index is 12.9. The number of benzene rings is 4. The summed E-state index contributed by atoms with van der Waals surface area (Å²) in [5.74, 6) is 2.52. The number of nitrogens with one attached hydrogen (secondary N) is 2. The monoisotopic (exact) mass is 780 g/mol. The number of rotatable bonds is 16. The average Bonchev–Trinajstić information content (AvgIpc) is 3.68. The van der Waals surface area contributed by atoms with Crippen molar-refractivity contribution in [3.8, 4) is 11.5 Å². The number of aliphatic imine (C=N–C) groups is 2. The van der Waals surface area contributed by atoms with Gasteiger partial charge in [-0.15, -0.1) is 0 Å². The van der Waals surface area contributed by atoms with Gasteiger partial charge in [0.25, 0.3) is 11.8 Å². The van der Waals surface area contributed by atoms with E-state index in [0.717, 1.165) is 85.9 Å². The summed E-state index contributed by atoms with van der Waals surface area (Å²) in [5, 5.41) is 6.42. The lowest BCUT2D eigenvalue weighted by atomic mass is 10.2. The largest absolute Gasteiger partial charge is 0.489 e. The summed E-state index contributed by atoms with van der Waals surface area (Å²) < 4.78 is 11.8. The van der Waals surface area contributed by atoms with Gasteiger partial charge >= 0.3 is 0 Å². The lowest BCUT2D eigenvalue weighted by Gasteiger charge is -2.34. The molecule has 2 N–H and O–H groups in total. The topological polar surface area (TPSA) is 114 Å². The van der Waals surface area contributed by atoms with Crippen LogP contribution in [0, 0.1) is 0 Å². The molecule has 0 unspecified atom stereocenters. The molecule has 0 aliphatic carbocycles. The van der Waals surface area contributed by atoms with Crippen LogP contribution in [0.5, 0.6) is 11.5 Å². The van der Waals surface area contributed by atoms with Gasteiger partial charge < -0.3 is 29.9 Å². The molecule has 3 saturated heterocycles. The molecule has 0 bridgehead atoms. The molecular formula is C46H52N8O4. The number of hydrogen-bond donors (Lipinski definition) is 2. The van der Waals surface area contributed by atoms with Crippen LogP contribution in [0.4, 0.5) is 0 Å². The molecule has 0 spiro atoms. The zero-order chi connectivity index (χ0) is 40.1. The molecule has 3 fully saturated rings. The molecule has 3 aliphatic heterocycles. The highest BCUT2D eigenvalue weighted by Crippen LogP contribution is 2.20. The second-order valence-corrected chi connectivity index (χ2v) is 14.6. The highest BCUT2D eigenvalue weighted by molar-refractivity contribution is 6.16. The van der Waals surface area contributed by atoms with Gasteiger partial charge in [0, 0.05) is 66.5 Å². The van der Waals surface area contributed by atoms with Crippen LogP contribution in [0.3, 0.4) is 0 Å². The predicted octanol–water partition coefficient (Wildman–Crippen LogP) is 5.46. The van der Waals surface area contributed by atoms with Gasteiger partial charge in [0.15, 0.2) is 0 Å². The number of likely N-dealkylation sites (N-methyl/N-ethyl adjacent to an activating group) is 2. The highest BCUT2D eigenvalue weighted by atomic mass is 16.5. The van der Waals surface area contributed by atoms with Gasteiger partial charge in [0.2, 0.25) is 11.9 Å². The SMILES string of the molecule is CN1C(=O)/C(=C/c2ccc(OCc3ccccc3)cc2)NC1=NCCCN1CCN(CCCN=C2N/C(=C\c3ccc(OCc4ccccc4)cc3)C(=O)N2C)CC1. The molecule has 2 amide bonds. The molecule has 4 aromatic rings. The standard InChI is InChI=1S/C46H52N8O4/c1-51-43(55)41(31-35-15-19-39(20-16-35)57-33-37-11-5-3-6-12-37)49-45(51)47-23-9-25-53-27-29-54(30-28-53)26-10-24-48-46-50-42(44(56)52(46)2)32-36-17-21-40(22-18-36)58-34-38-13-7-4-8-14-38/h3-8,11-22,31-32H,9-10,23-30,33-34H2,1-2H3,(H,47,49)(H,48,50)/b41-31-,42-32-. The lowest BCUT2D eigenvalue weighted by Crippen LogP contribution is -2.47. The van der Waals surface area contributed by atoms with Crippen LogP contribution >= 0.6 is 0 Å². The number of amides is 2. The molecule has 0 saturated carbocycles. The molecule has 4 aromatic carbocycles. The van der Waals surface area contributed by atoms with Gasteiger partial charge in [-0.05, 0) is 71.5 Å². The Labute approximate surface area is 341 Å². The van der Waals surface area contributed by atoms with Crippen LogP contribution in [-0.4, -0.2) is 110 Å². The fourth-order valence-corrected chi connectivity index (χ4v) is 6.89.